The lowest BCUT2D eigenvalue weighted by atomic mass is 10.1. The van der Waals surface area contributed by atoms with Gasteiger partial charge in [0, 0.05) is 63.9 Å². The number of piperazine rings is 1. The van der Waals surface area contributed by atoms with Crippen LogP contribution < -0.4 is 5.32 Å². The van der Waals surface area contributed by atoms with E-state index in [1.807, 2.05) is 46.8 Å². The van der Waals surface area contributed by atoms with Crippen molar-refractivity contribution in [2.45, 2.75) is 13.3 Å². The zero-order valence-electron chi connectivity index (χ0n) is 17.1. The molecule has 1 aliphatic rings. The van der Waals surface area contributed by atoms with Gasteiger partial charge < -0.3 is 15.0 Å². The molecule has 156 valence electrons. The van der Waals surface area contributed by atoms with Gasteiger partial charge in [-0.05, 0) is 43.7 Å². The number of amides is 2. The minimum absolute atomic E-state index is 0.0189. The molecule has 8 heteroatoms. The monoisotopic (exact) mass is 399 g/mol. The highest BCUT2D eigenvalue weighted by Crippen LogP contribution is 2.14. The van der Waals surface area contributed by atoms with E-state index in [4.69, 9.17) is 4.74 Å². The molecule has 3 rings (SSSR count). The Hall–Kier alpha value is -2.71. The van der Waals surface area contributed by atoms with E-state index in [1.54, 1.807) is 13.3 Å². The van der Waals surface area contributed by atoms with Crippen LogP contribution in [-0.2, 0) is 9.53 Å². The average Bonchev–Trinajstić information content (AvgIpc) is 3.17. The van der Waals surface area contributed by atoms with E-state index in [2.05, 4.69) is 15.3 Å². The van der Waals surface area contributed by atoms with E-state index in [0.29, 0.717) is 51.4 Å². The molecule has 2 amide bonds. The van der Waals surface area contributed by atoms with E-state index >= 15 is 0 Å². The maximum atomic E-state index is 12.8. The maximum Gasteiger partial charge on any atom is 0.253 e. The first-order valence-corrected chi connectivity index (χ1v) is 9.97. The number of nitrogens with zero attached hydrogens (tertiary/aromatic N) is 4. The molecule has 2 heterocycles. The summed E-state index contributed by atoms with van der Waals surface area (Å²) in [6.45, 7) is 6.26. The summed E-state index contributed by atoms with van der Waals surface area (Å²) in [6.07, 6.45) is 2.57. The summed E-state index contributed by atoms with van der Waals surface area (Å²) in [5, 5.41) is 7.18. The van der Waals surface area contributed by atoms with Crippen LogP contribution in [0.25, 0.3) is 5.69 Å². The van der Waals surface area contributed by atoms with Crippen LogP contribution in [0.3, 0.4) is 0 Å². The van der Waals surface area contributed by atoms with Crippen molar-refractivity contribution in [2.75, 3.05) is 53.0 Å². The zero-order valence-corrected chi connectivity index (χ0v) is 17.1. The lowest BCUT2D eigenvalue weighted by molar-refractivity contribution is -0.122. The molecule has 1 fully saturated rings. The van der Waals surface area contributed by atoms with Crippen LogP contribution in [-0.4, -0.2) is 84.4 Å². The molecule has 0 saturated carbocycles. The van der Waals surface area contributed by atoms with E-state index < -0.39 is 0 Å². The van der Waals surface area contributed by atoms with Gasteiger partial charge in [0.05, 0.1) is 12.2 Å². The highest BCUT2D eigenvalue weighted by molar-refractivity contribution is 5.94. The molecular weight excluding hydrogens is 370 g/mol. The topological polar surface area (TPSA) is 79.7 Å². The van der Waals surface area contributed by atoms with Gasteiger partial charge in [-0.1, -0.05) is 0 Å². The Kier molecular flexibility index (Phi) is 7.37. The number of carbonyl (C=O) groups excluding carboxylic acids is 2. The molecule has 0 radical (unpaired) electrons. The fourth-order valence-electron chi connectivity index (χ4n) is 3.38. The van der Waals surface area contributed by atoms with Crippen molar-refractivity contribution >= 4 is 11.8 Å². The lowest BCUT2D eigenvalue weighted by Crippen LogP contribution is -2.51. The number of nitrogens with one attached hydrogen (secondary N) is 1. The molecule has 1 saturated heterocycles. The summed E-state index contributed by atoms with van der Waals surface area (Å²) >= 11 is 0. The number of hydrogen-bond donors (Lipinski definition) is 1. The van der Waals surface area contributed by atoms with Gasteiger partial charge in [0.2, 0.25) is 5.91 Å². The second kappa shape index (κ2) is 10.2. The molecule has 2 aromatic rings. The summed E-state index contributed by atoms with van der Waals surface area (Å²) in [6, 6.07) is 9.46. The standard InChI is InChI=1S/C21H29N5O3/c1-17-8-10-23-26(17)19-6-4-18(5-7-19)21(28)25-13-11-24(12-14-25)16-20(27)22-9-3-15-29-2/h4-8,10H,3,9,11-16H2,1-2H3,(H,22,27). The molecule has 8 nitrogen and oxygen atoms in total. The van der Waals surface area contributed by atoms with Gasteiger partial charge in [-0.25, -0.2) is 4.68 Å². The number of carbonyl (C=O) groups is 2. The number of hydrogen-bond acceptors (Lipinski definition) is 5. The average molecular weight is 399 g/mol. The van der Waals surface area contributed by atoms with Crippen molar-refractivity contribution in [3.05, 3.63) is 47.8 Å². The minimum Gasteiger partial charge on any atom is -0.385 e. The van der Waals surface area contributed by atoms with Crippen molar-refractivity contribution in [1.29, 1.82) is 0 Å². The lowest BCUT2D eigenvalue weighted by Gasteiger charge is -2.34. The predicted molar refractivity (Wildman–Crippen MR) is 110 cm³/mol. The number of aryl methyl sites for hydroxylation is 1. The van der Waals surface area contributed by atoms with Crippen molar-refractivity contribution in [3.8, 4) is 5.69 Å². The van der Waals surface area contributed by atoms with E-state index in [-0.39, 0.29) is 11.8 Å². The molecule has 0 spiro atoms. The predicted octanol–water partition coefficient (Wildman–Crippen LogP) is 1.09. The smallest absolute Gasteiger partial charge is 0.253 e. The van der Waals surface area contributed by atoms with Crippen LogP contribution in [0.1, 0.15) is 22.5 Å². The van der Waals surface area contributed by atoms with Crippen LogP contribution in [0, 0.1) is 6.92 Å². The zero-order chi connectivity index (χ0) is 20.6. The number of rotatable bonds is 8. The van der Waals surface area contributed by atoms with E-state index in [1.165, 1.54) is 0 Å². The summed E-state index contributed by atoms with van der Waals surface area (Å²) in [5.41, 5.74) is 2.65. The third-order valence-electron chi connectivity index (χ3n) is 5.06. The fraction of sp³-hybridized carbons (Fsp3) is 0.476. The third kappa shape index (κ3) is 5.65. The van der Waals surface area contributed by atoms with Crippen LogP contribution >= 0.6 is 0 Å². The van der Waals surface area contributed by atoms with Gasteiger partial charge in [0.25, 0.3) is 5.91 Å². The van der Waals surface area contributed by atoms with Crippen molar-refractivity contribution in [3.63, 3.8) is 0 Å². The maximum absolute atomic E-state index is 12.8. The second-order valence-corrected chi connectivity index (χ2v) is 7.20. The van der Waals surface area contributed by atoms with Crippen LogP contribution in [0.5, 0.6) is 0 Å². The van der Waals surface area contributed by atoms with Gasteiger partial charge >= 0.3 is 0 Å². The largest absolute Gasteiger partial charge is 0.385 e. The molecular formula is C21H29N5O3. The SMILES string of the molecule is COCCCNC(=O)CN1CCN(C(=O)c2ccc(-n3nccc3C)cc2)CC1. The van der Waals surface area contributed by atoms with E-state index in [0.717, 1.165) is 17.8 Å². The highest BCUT2D eigenvalue weighted by Gasteiger charge is 2.23. The van der Waals surface area contributed by atoms with Crippen LogP contribution in [0.15, 0.2) is 36.5 Å². The summed E-state index contributed by atoms with van der Waals surface area (Å²) in [7, 11) is 1.65. The van der Waals surface area contributed by atoms with Gasteiger partial charge in [-0.2, -0.15) is 5.10 Å². The summed E-state index contributed by atoms with van der Waals surface area (Å²) in [4.78, 5) is 28.7. The molecule has 1 aromatic heterocycles. The molecule has 1 aromatic carbocycles. The first-order chi connectivity index (χ1) is 14.1. The molecule has 1 N–H and O–H groups in total. The Morgan fingerprint density at radius 2 is 1.83 bits per heavy atom. The number of ether oxygens (including phenoxy) is 1. The fourth-order valence-corrected chi connectivity index (χ4v) is 3.38. The Bertz CT molecular complexity index is 810. The van der Waals surface area contributed by atoms with Crippen LogP contribution in [0.2, 0.25) is 0 Å². The molecule has 0 atom stereocenters. The number of benzene rings is 1. The Labute approximate surface area is 171 Å². The Balaban J connectivity index is 1.46. The van der Waals surface area contributed by atoms with Gasteiger partial charge in [0.15, 0.2) is 0 Å². The molecule has 29 heavy (non-hydrogen) atoms. The number of methoxy groups -OCH3 is 1. The summed E-state index contributed by atoms with van der Waals surface area (Å²) < 4.78 is 6.81. The van der Waals surface area contributed by atoms with Crippen molar-refractivity contribution < 1.29 is 14.3 Å². The van der Waals surface area contributed by atoms with Crippen LogP contribution in [0.4, 0.5) is 0 Å². The quantitative estimate of drug-likeness (QED) is 0.673. The molecule has 0 aliphatic carbocycles. The number of aromatic nitrogens is 2. The first-order valence-electron chi connectivity index (χ1n) is 9.97. The molecule has 1 aliphatic heterocycles. The third-order valence-corrected chi connectivity index (χ3v) is 5.06. The van der Waals surface area contributed by atoms with Gasteiger partial charge in [0.1, 0.15) is 0 Å². The van der Waals surface area contributed by atoms with Crippen molar-refractivity contribution in [2.24, 2.45) is 0 Å². The van der Waals surface area contributed by atoms with Gasteiger partial charge in [-0.15, -0.1) is 0 Å². The minimum atomic E-state index is 0.0189. The normalized spacial score (nSPS) is 14.8. The first kappa shape index (κ1) is 21.0. The molecule has 0 bridgehead atoms. The van der Waals surface area contributed by atoms with E-state index in [9.17, 15) is 9.59 Å². The Morgan fingerprint density at radius 1 is 1.10 bits per heavy atom. The highest BCUT2D eigenvalue weighted by atomic mass is 16.5. The Morgan fingerprint density at radius 3 is 2.45 bits per heavy atom. The second-order valence-electron chi connectivity index (χ2n) is 7.20. The summed E-state index contributed by atoms with van der Waals surface area (Å²) in [5.74, 6) is 0.0442. The van der Waals surface area contributed by atoms with Crippen molar-refractivity contribution in [1.82, 2.24) is 24.9 Å². The molecule has 0 unspecified atom stereocenters. The van der Waals surface area contributed by atoms with Gasteiger partial charge in [-0.3, -0.25) is 14.5 Å².